The molecule has 0 N–H and O–H groups in total. The van der Waals surface area contributed by atoms with E-state index in [0.29, 0.717) is 19.3 Å². The first-order valence-electron chi connectivity index (χ1n) is 27.5. The van der Waals surface area contributed by atoms with Crippen LogP contribution in [0.2, 0.25) is 0 Å². The van der Waals surface area contributed by atoms with Crippen LogP contribution in [0.15, 0.2) is 36.5 Å². The molecule has 0 aliphatic heterocycles. The number of esters is 3. The van der Waals surface area contributed by atoms with Crippen LogP contribution in [0.5, 0.6) is 0 Å². The van der Waals surface area contributed by atoms with Crippen molar-refractivity contribution in [3.63, 3.8) is 0 Å². The summed E-state index contributed by atoms with van der Waals surface area (Å²) in [7, 11) is 0. The van der Waals surface area contributed by atoms with Gasteiger partial charge in [0.05, 0.1) is 0 Å². The van der Waals surface area contributed by atoms with Crippen molar-refractivity contribution in [3.8, 4) is 0 Å². The number of carbonyl (C=O) groups excluding carboxylic acids is 3. The van der Waals surface area contributed by atoms with Gasteiger partial charge in [0, 0.05) is 19.3 Å². The second-order valence-electron chi connectivity index (χ2n) is 18.5. The van der Waals surface area contributed by atoms with E-state index in [1.807, 2.05) is 0 Å². The molecule has 1 unspecified atom stereocenters. The molecule has 0 fully saturated rings. The molecule has 0 heterocycles. The average Bonchev–Trinajstić information content (AvgIpc) is 3.28. The molecule has 6 heteroatoms. The fourth-order valence-corrected chi connectivity index (χ4v) is 7.98. The van der Waals surface area contributed by atoms with Crippen LogP contribution in [0.25, 0.3) is 0 Å². The van der Waals surface area contributed by atoms with E-state index in [1.165, 1.54) is 173 Å². The van der Waals surface area contributed by atoms with E-state index in [4.69, 9.17) is 14.2 Å². The summed E-state index contributed by atoms with van der Waals surface area (Å²) < 4.78 is 16.6. The van der Waals surface area contributed by atoms with E-state index >= 15 is 0 Å². The van der Waals surface area contributed by atoms with Crippen molar-refractivity contribution in [1.29, 1.82) is 0 Å². The third kappa shape index (κ3) is 50.5. The van der Waals surface area contributed by atoms with E-state index in [2.05, 4.69) is 57.2 Å². The minimum atomic E-state index is -0.760. The van der Waals surface area contributed by atoms with E-state index in [9.17, 15) is 14.4 Å². The zero-order chi connectivity index (χ0) is 45.8. The van der Waals surface area contributed by atoms with E-state index < -0.39 is 6.10 Å². The molecule has 1 atom stereocenters. The zero-order valence-electron chi connectivity index (χ0n) is 42.1. The molecular formula is C57H104O6. The number of unbranched alkanes of at least 4 members (excludes halogenated alkanes) is 33. The van der Waals surface area contributed by atoms with Crippen molar-refractivity contribution in [3.05, 3.63) is 36.5 Å². The summed E-state index contributed by atoms with van der Waals surface area (Å²) in [6.45, 7) is 6.51. The van der Waals surface area contributed by atoms with Crippen LogP contribution in [0.3, 0.4) is 0 Å². The molecule has 0 radical (unpaired) electrons. The lowest BCUT2D eigenvalue weighted by molar-refractivity contribution is -0.167. The fourth-order valence-electron chi connectivity index (χ4n) is 7.98. The van der Waals surface area contributed by atoms with Crippen LogP contribution >= 0.6 is 0 Å². The van der Waals surface area contributed by atoms with Gasteiger partial charge in [-0.05, 0) is 57.8 Å². The summed E-state index contributed by atoms with van der Waals surface area (Å²) in [5.41, 5.74) is 0. The Morgan fingerprint density at radius 1 is 0.317 bits per heavy atom. The van der Waals surface area contributed by atoms with Crippen LogP contribution in [-0.2, 0) is 28.6 Å². The molecule has 0 spiro atoms. The lowest BCUT2D eigenvalue weighted by Gasteiger charge is -2.18. The van der Waals surface area contributed by atoms with Gasteiger partial charge in [0.1, 0.15) is 13.2 Å². The van der Waals surface area contributed by atoms with Gasteiger partial charge in [-0.25, -0.2) is 0 Å². The van der Waals surface area contributed by atoms with Gasteiger partial charge in [-0.3, -0.25) is 14.4 Å². The molecule has 0 amide bonds. The van der Waals surface area contributed by atoms with E-state index in [0.717, 1.165) is 77.0 Å². The lowest BCUT2D eigenvalue weighted by Crippen LogP contribution is -2.30. The van der Waals surface area contributed by atoms with Gasteiger partial charge in [-0.15, -0.1) is 0 Å². The summed E-state index contributed by atoms with van der Waals surface area (Å²) in [5, 5.41) is 0. The first kappa shape index (κ1) is 60.6. The molecule has 63 heavy (non-hydrogen) atoms. The van der Waals surface area contributed by atoms with Crippen molar-refractivity contribution in [1.82, 2.24) is 0 Å². The Morgan fingerprint density at radius 3 is 0.889 bits per heavy atom. The predicted molar refractivity (Wildman–Crippen MR) is 270 cm³/mol. The number of hydrogen-bond donors (Lipinski definition) is 0. The Kier molecular flexibility index (Phi) is 50.3. The maximum atomic E-state index is 12.6. The van der Waals surface area contributed by atoms with Gasteiger partial charge in [-0.1, -0.05) is 250 Å². The van der Waals surface area contributed by atoms with Crippen LogP contribution in [-0.4, -0.2) is 37.2 Å². The predicted octanol–water partition coefficient (Wildman–Crippen LogP) is 18.1. The van der Waals surface area contributed by atoms with Gasteiger partial charge in [0.2, 0.25) is 0 Å². The smallest absolute Gasteiger partial charge is 0.306 e. The van der Waals surface area contributed by atoms with Gasteiger partial charge < -0.3 is 14.2 Å². The maximum absolute atomic E-state index is 12.6. The van der Waals surface area contributed by atoms with Crippen LogP contribution in [0, 0.1) is 0 Å². The van der Waals surface area contributed by atoms with Crippen LogP contribution in [0.1, 0.15) is 290 Å². The van der Waals surface area contributed by atoms with Crippen molar-refractivity contribution in [2.24, 2.45) is 0 Å². The van der Waals surface area contributed by atoms with Crippen LogP contribution in [0.4, 0.5) is 0 Å². The fraction of sp³-hybridized carbons (Fsp3) is 0.842. The summed E-state index contributed by atoms with van der Waals surface area (Å²) in [6.07, 6.45) is 62.2. The second kappa shape index (κ2) is 52.3. The van der Waals surface area contributed by atoms with Gasteiger partial charge in [-0.2, -0.15) is 0 Å². The minimum absolute atomic E-state index is 0.0685. The summed E-state index contributed by atoms with van der Waals surface area (Å²) in [6, 6.07) is 0. The van der Waals surface area contributed by atoms with Crippen molar-refractivity contribution < 1.29 is 28.6 Å². The van der Waals surface area contributed by atoms with Crippen LogP contribution < -0.4 is 0 Å². The molecule has 6 nitrogen and oxygen atoms in total. The Hall–Kier alpha value is -2.37. The Labute approximate surface area is 391 Å². The molecule has 368 valence electrons. The number of rotatable bonds is 50. The number of carbonyl (C=O) groups is 3. The molecule has 0 aliphatic carbocycles. The minimum Gasteiger partial charge on any atom is -0.462 e. The molecule has 0 aromatic heterocycles. The molecule has 0 saturated carbocycles. The Morgan fingerprint density at radius 2 is 0.571 bits per heavy atom. The Balaban J connectivity index is 3.78. The molecule has 0 rings (SSSR count). The average molecular weight is 885 g/mol. The SMILES string of the molecule is CCCCCCC/C=C\C/C=C\C/C=C\CCCCCCCCCCCCCCCCCCCCC(=O)OCC(COC(=O)CCCCCCC)OC(=O)CCCCCCCCC. The molecular weight excluding hydrogens is 781 g/mol. The van der Waals surface area contributed by atoms with Crippen molar-refractivity contribution in [2.45, 2.75) is 297 Å². The molecule has 0 saturated heterocycles. The highest BCUT2D eigenvalue weighted by atomic mass is 16.6. The highest BCUT2D eigenvalue weighted by Gasteiger charge is 2.19. The third-order valence-corrected chi connectivity index (χ3v) is 12.1. The quantitative estimate of drug-likeness (QED) is 0.0262. The van der Waals surface area contributed by atoms with Gasteiger partial charge >= 0.3 is 17.9 Å². The summed E-state index contributed by atoms with van der Waals surface area (Å²) in [5.74, 6) is -0.881. The van der Waals surface area contributed by atoms with Crippen molar-refractivity contribution >= 4 is 17.9 Å². The normalized spacial score (nSPS) is 12.2. The first-order valence-corrected chi connectivity index (χ1v) is 27.5. The third-order valence-electron chi connectivity index (χ3n) is 12.1. The standard InChI is InChI=1S/C57H104O6/c1-4-7-10-13-15-16-17-18-19-20-21-22-23-24-25-26-27-28-29-30-31-32-33-34-35-36-37-38-39-40-42-44-47-50-56(59)62-53-54(52-61-55(58)49-46-43-12-9-6-3)63-57(60)51-48-45-41-14-11-8-5-2/h17-18,20-21,23-24,54H,4-16,19,22,25-53H2,1-3H3/b18-17-,21-20-,24-23-. The van der Waals surface area contributed by atoms with Gasteiger partial charge in [0.15, 0.2) is 6.10 Å². The second-order valence-corrected chi connectivity index (χ2v) is 18.5. The maximum Gasteiger partial charge on any atom is 0.306 e. The molecule has 0 aromatic carbocycles. The molecule has 0 aliphatic rings. The summed E-state index contributed by atoms with van der Waals surface area (Å²) >= 11 is 0. The van der Waals surface area contributed by atoms with Crippen molar-refractivity contribution in [2.75, 3.05) is 13.2 Å². The lowest BCUT2D eigenvalue weighted by atomic mass is 10.0. The van der Waals surface area contributed by atoms with E-state index in [1.54, 1.807) is 0 Å². The summed E-state index contributed by atoms with van der Waals surface area (Å²) in [4.78, 5) is 37.4. The van der Waals surface area contributed by atoms with Gasteiger partial charge in [0.25, 0.3) is 0 Å². The number of allylic oxidation sites excluding steroid dienone is 6. The monoisotopic (exact) mass is 885 g/mol. The first-order chi connectivity index (χ1) is 31.0. The number of ether oxygens (including phenoxy) is 3. The highest BCUT2D eigenvalue weighted by molar-refractivity contribution is 5.71. The topological polar surface area (TPSA) is 78.9 Å². The molecule has 0 aromatic rings. The Bertz CT molecular complexity index is 1060. The molecule has 0 bridgehead atoms. The number of hydrogen-bond acceptors (Lipinski definition) is 6. The highest BCUT2D eigenvalue weighted by Crippen LogP contribution is 2.16. The zero-order valence-corrected chi connectivity index (χ0v) is 42.1. The van der Waals surface area contributed by atoms with E-state index in [-0.39, 0.29) is 31.1 Å². The largest absolute Gasteiger partial charge is 0.462 e.